The van der Waals surface area contributed by atoms with Crippen LogP contribution in [0.4, 0.5) is 0 Å². The van der Waals surface area contributed by atoms with Gasteiger partial charge in [-0.2, -0.15) is 0 Å². The van der Waals surface area contributed by atoms with Crippen LogP contribution in [0.25, 0.3) is 0 Å². The van der Waals surface area contributed by atoms with E-state index in [2.05, 4.69) is 20.6 Å². The molecule has 37 heavy (non-hydrogen) atoms. The largest absolute Gasteiger partial charge is 0.508 e. The van der Waals surface area contributed by atoms with Gasteiger partial charge in [0, 0.05) is 24.7 Å². The van der Waals surface area contributed by atoms with Gasteiger partial charge in [-0.25, -0.2) is 9.78 Å². The van der Waals surface area contributed by atoms with Crippen molar-refractivity contribution in [1.29, 1.82) is 0 Å². The number of aliphatic carboxylic acids is 2. The Morgan fingerprint density at radius 3 is 2.03 bits per heavy atom. The van der Waals surface area contributed by atoms with Crippen molar-refractivity contribution in [1.82, 2.24) is 25.9 Å². The minimum atomic E-state index is -1.73. The van der Waals surface area contributed by atoms with E-state index in [1.54, 1.807) is 0 Å². The van der Waals surface area contributed by atoms with E-state index in [4.69, 9.17) is 15.9 Å². The minimum Gasteiger partial charge on any atom is -0.508 e. The Bertz CT molecular complexity index is 1090. The fraction of sp³-hybridized carbons (Fsp3) is 0.364. The van der Waals surface area contributed by atoms with E-state index in [-0.39, 0.29) is 18.6 Å². The van der Waals surface area contributed by atoms with Crippen LogP contribution in [0.2, 0.25) is 0 Å². The second-order valence-electron chi connectivity index (χ2n) is 8.06. The van der Waals surface area contributed by atoms with E-state index in [9.17, 15) is 34.2 Å². The lowest BCUT2D eigenvalue weighted by Gasteiger charge is -2.24. The summed E-state index contributed by atoms with van der Waals surface area (Å²) in [6.07, 6.45) is 1.92. The summed E-state index contributed by atoms with van der Waals surface area (Å²) in [5.41, 5.74) is 7.01. The van der Waals surface area contributed by atoms with Gasteiger partial charge in [-0.05, 0) is 17.7 Å². The standard InChI is InChI=1S/C22H28N6O9/c23-14(6-12-8-24-10-25-12)19(33)26-15(5-11-1-3-13(30)4-2-11)20(34)27-16(7-18(31)32)21(35)28-17(9-29)22(36)37/h1-4,8,10,14-17,29-30H,5-7,9,23H2,(H,24,25)(H,26,33)(H,27,34)(H,28,35)(H,31,32)(H,36,37). The number of phenolic OH excluding ortho intramolecular Hbond substituents is 1. The molecule has 15 nitrogen and oxygen atoms in total. The summed E-state index contributed by atoms with van der Waals surface area (Å²) in [5, 5.41) is 43.4. The lowest BCUT2D eigenvalue weighted by atomic mass is 10.0. The van der Waals surface area contributed by atoms with Crippen LogP contribution < -0.4 is 21.7 Å². The number of aromatic hydroxyl groups is 1. The van der Waals surface area contributed by atoms with E-state index in [0.29, 0.717) is 11.3 Å². The number of hydrogen-bond acceptors (Lipinski definition) is 9. The number of aromatic nitrogens is 2. The maximum Gasteiger partial charge on any atom is 0.328 e. The van der Waals surface area contributed by atoms with Crippen molar-refractivity contribution in [2.45, 2.75) is 43.4 Å². The van der Waals surface area contributed by atoms with Crippen LogP contribution in [0, 0.1) is 0 Å². The fourth-order valence-electron chi connectivity index (χ4n) is 3.20. The van der Waals surface area contributed by atoms with Gasteiger partial charge < -0.3 is 47.1 Å². The number of nitrogens with zero attached hydrogens (tertiary/aromatic N) is 1. The van der Waals surface area contributed by atoms with Crippen molar-refractivity contribution >= 4 is 29.7 Å². The number of aliphatic hydroxyl groups excluding tert-OH is 1. The molecule has 1 aromatic heterocycles. The van der Waals surface area contributed by atoms with Crippen LogP contribution in [0.3, 0.4) is 0 Å². The van der Waals surface area contributed by atoms with Gasteiger partial charge in [0.25, 0.3) is 0 Å². The van der Waals surface area contributed by atoms with E-state index >= 15 is 0 Å². The number of carbonyl (C=O) groups excluding carboxylic acids is 3. The van der Waals surface area contributed by atoms with E-state index in [0.717, 1.165) is 0 Å². The molecule has 10 N–H and O–H groups in total. The maximum absolute atomic E-state index is 13.1. The first-order valence-corrected chi connectivity index (χ1v) is 11.0. The molecule has 4 unspecified atom stereocenters. The number of amides is 3. The number of carbonyl (C=O) groups is 5. The summed E-state index contributed by atoms with van der Waals surface area (Å²) in [6.45, 7) is -0.970. The predicted molar refractivity (Wildman–Crippen MR) is 125 cm³/mol. The van der Waals surface area contributed by atoms with Gasteiger partial charge in [-0.15, -0.1) is 0 Å². The van der Waals surface area contributed by atoms with Crippen molar-refractivity contribution < 1.29 is 44.4 Å². The molecule has 0 radical (unpaired) electrons. The highest BCUT2D eigenvalue weighted by Gasteiger charge is 2.31. The topological polar surface area (TPSA) is 257 Å². The van der Waals surface area contributed by atoms with Gasteiger partial charge in [-0.1, -0.05) is 12.1 Å². The van der Waals surface area contributed by atoms with Crippen LogP contribution in [0.5, 0.6) is 5.75 Å². The number of hydrogen-bond donors (Lipinski definition) is 9. The van der Waals surface area contributed by atoms with Gasteiger partial charge in [0.15, 0.2) is 0 Å². The zero-order valence-electron chi connectivity index (χ0n) is 19.5. The number of aliphatic hydroxyl groups is 1. The Morgan fingerprint density at radius 1 is 0.892 bits per heavy atom. The number of carboxylic acids is 2. The van der Waals surface area contributed by atoms with Crippen LogP contribution in [-0.2, 0) is 36.8 Å². The summed E-state index contributed by atoms with van der Waals surface area (Å²) in [7, 11) is 0. The monoisotopic (exact) mass is 520 g/mol. The quantitative estimate of drug-likeness (QED) is 0.123. The van der Waals surface area contributed by atoms with E-state index in [1.807, 2.05) is 5.32 Å². The minimum absolute atomic E-state index is 0.0366. The molecule has 2 aromatic rings. The first-order chi connectivity index (χ1) is 17.5. The summed E-state index contributed by atoms with van der Waals surface area (Å²) in [5.74, 6) is -5.92. The predicted octanol–water partition coefficient (Wildman–Crippen LogP) is -2.77. The third-order valence-electron chi connectivity index (χ3n) is 5.15. The molecule has 1 aromatic carbocycles. The summed E-state index contributed by atoms with van der Waals surface area (Å²) in [4.78, 5) is 67.4. The number of benzene rings is 1. The van der Waals surface area contributed by atoms with Crippen LogP contribution >= 0.6 is 0 Å². The number of rotatable bonds is 14. The van der Waals surface area contributed by atoms with Gasteiger partial charge in [0.1, 0.15) is 23.9 Å². The molecule has 1 heterocycles. The van der Waals surface area contributed by atoms with Crippen molar-refractivity contribution in [3.8, 4) is 5.75 Å². The van der Waals surface area contributed by atoms with Crippen molar-refractivity contribution in [2.75, 3.05) is 6.61 Å². The van der Waals surface area contributed by atoms with Gasteiger partial charge in [0.2, 0.25) is 17.7 Å². The molecule has 4 atom stereocenters. The molecule has 0 saturated carbocycles. The molecule has 0 aliphatic carbocycles. The van der Waals surface area contributed by atoms with Crippen molar-refractivity contribution in [2.24, 2.45) is 5.73 Å². The second-order valence-corrected chi connectivity index (χ2v) is 8.06. The molecule has 0 fully saturated rings. The van der Waals surface area contributed by atoms with Gasteiger partial charge >= 0.3 is 11.9 Å². The lowest BCUT2D eigenvalue weighted by molar-refractivity contribution is -0.144. The van der Waals surface area contributed by atoms with Gasteiger partial charge in [-0.3, -0.25) is 19.2 Å². The van der Waals surface area contributed by atoms with E-state index in [1.165, 1.54) is 36.8 Å². The van der Waals surface area contributed by atoms with Crippen LogP contribution in [0.1, 0.15) is 17.7 Å². The zero-order chi connectivity index (χ0) is 27.5. The highest BCUT2D eigenvalue weighted by atomic mass is 16.4. The normalized spacial score (nSPS) is 14.0. The van der Waals surface area contributed by atoms with Crippen LogP contribution in [0.15, 0.2) is 36.8 Å². The first kappa shape index (κ1) is 28.7. The highest BCUT2D eigenvalue weighted by molar-refractivity contribution is 5.95. The summed E-state index contributed by atoms with van der Waals surface area (Å²) < 4.78 is 0. The second kappa shape index (κ2) is 13.6. The molecule has 0 aliphatic heterocycles. The number of nitrogens with two attached hydrogens (primary N) is 1. The molecule has 3 amide bonds. The maximum atomic E-state index is 13.1. The fourth-order valence-corrected chi connectivity index (χ4v) is 3.20. The number of carboxylic acid groups (broad SMARTS) is 2. The highest BCUT2D eigenvalue weighted by Crippen LogP contribution is 2.12. The third kappa shape index (κ3) is 9.23. The molecule has 0 bridgehead atoms. The molecule has 0 spiro atoms. The molecule has 200 valence electrons. The third-order valence-corrected chi connectivity index (χ3v) is 5.15. The number of phenols is 1. The molecule has 15 heteroatoms. The average Bonchev–Trinajstić information content (AvgIpc) is 3.35. The first-order valence-electron chi connectivity index (χ1n) is 11.0. The SMILES string of the molecule is NC(Cc1cnc[nH]1)C(=O)NC(Cc1ccc(O)cc1)C(=O)NC(CC(=O)O)C(=O)NC(CO)C(=O)O. The Kier molecular flexibility index (Phi) is 10.5. The Morgan fingerprint density at radius 2 is 1.49 bits per heavy atom. The molecule has 2 rings (SSSR count). The number of nitrogens with one attached hydrogen (secondary N) is 4. The summed E-state index contributed by atoms with van der Waals surface area (Å²) >= 11 is 0. The summed E-state index contributed by atoms with van der Waals surface area (Å²) in [6, 6.07) is -0.171. The smallest absolute Gasteiger partial charge is 0.328 e. The zero-order valence-corrected chi connectivity index (χ0v) is 19.5. The molecular weight excluding hydrogens is 492 g/mol. The molecule has 0 saturated heterocycles. The Labute approximate surface area is 210 Å². The molecule has 0 aliphatic rings. The van der Waals surface area contributed by atoms with E-state index < -0.39 is 66.9 Å². The van der Waals surface area contributed by atoms with Crippen LogP contribution in [-0.4, -0.2) is 90.8 Å². The Balaban J connectivity index is 2.22. The Hall–Kier alpha value is -4.50. The number of H-pyrrole nitrogens is 1. The lowest BCUT2D eigenvalue weighted by Crippen LogP contribution is -2.58. The molecular formula is C22H28N6O9. The van der Waals surface area contributed by atoms with Gasteiger partial charge in [0.05, 0.1) is 25.4 Å². The average molecular weight is 520 g/mol. The van der Waals surface area contributed by atoms with Crippen molar-refractivity contribution in [3.63, 3.8) is 0 Å². The van der Waals surface area contributed by atoms with Crippen molar-refractivity contribution in [3.05, 3.63) is 48.0 Å². The number of imidazole rings is 1. The number of aromatic amines is 1.